The van der Waals surface area contributed by atoms with Crippen LogP contribution in [0.2, 0.25) is 0 Å². The van der Waals surface area contributed by atoms with Gasteiger partial charge in [-0.1, -0.05) is 24.3 Å². The Morgan fingerprint density at radius 1 is 1.40 bits per heavy atom. The maximum Gasteiger partial charge on any atom is 0.181 e. The quantitative estimate of drug-likeness (QED) is 0.804. The molecule has 0 spiro atoms. The van der Waals surface area contributed by atoms with E-state index in [9.17, 15) is 0 Å². The highest BCUT2D eigenvalue weighted by Gasteiger charge is 2.31. The monoisotopic (exact) mass is 200 g/mol. The molecule has 1 aliphatic carbocycles. The van der Waals surface area contributed by atoms with Gasteiger partial charge in [-0.15, -0.1) is 0 Å². The number of aromatic nitrogens is 1. The topological polar surface area (TPSA) is 52.0 Å². The lowest BCUT2D eigenvalue weighted by Gasteiger charge is -2.28. The van der Waals surface area contributed by atoms with Crippen LogP contribution in [0.4, 0.5) is 0 Å². The van der Waals surface area contributed by atoms with Crippen LogP contribution in [-0.4, -0.2) is 4.98 Å². The molecular formula is C12H12N2O. The summed E-state index contributed by atoms with van der Waals surface area (Å²) in [5.41, 5.74) is 9.25. The number of nitrogens with two attached hydrogens (primary N) is 1. The standard InChI is InChI=1S/C12H12N2O/c13-6-11-12(15-7-14-11)10-5-8-3-1-2-4-9(8)10/h1-4,7,10H,5-6,13H2. The summed E-state index contributed by atoms with van der Waals surface area (Å²) in [5, 5.41) is 0. The van der Waals surface area contributed by atoms with E-state index in [1.54, 1.807) is 0 Å². The lowest BCUT2D eigenvalue weighted by atomic mass is 9.76. The molecule has 0 radical (unpaired) electrons. The van der Waals surface area contributed by atoms with E-state index in [4.69, 9.17) is 10.2 Å². The number of hydrogen-bond donors (Lipinski definition) is 1. The van der Waals surface area contributed by atoms with Crippen LogP contribution in [0.25, 0.3) is 0 Å². The largest absolute Gasteiger partial charge is 0.447 e. The zero-order valence-corrected chi connectivity index (χ0v) is 8.31. The third-order valence-electron chi connectivity index (χ3n) is 3.04. The number of hydrogen-bond acceptors (Lipinski definition) is 3. The van der Waals surface area contributed by atoms with E-state index in [1.807, 2.05) is 0 Å². The number of fused-ring (bicyclic) bond motifs is 1. The van der Waals surface area contributed by atoms with Crippen LogP contribution >= 0.6 is 0 Å². The van der Waals surface area contributed by atoms with Crippen molar-refractivity contribution in [1.29, 1.82) is 0 Å². The number of rotatable bonds is 2. The fraction of sp³-hybridized carbons (Fsp3) is 0.250. The van der Waals surface area contributed by atoms with Crippen LogP contribution in [0.3, 0.4) is 0 Å². The van der Waals surface area contributed by atoms with E-state index < -0.39 is 0 Å². The van der Waals surface area contributed by atoms with Crippen molar-refractivity contribution in [2.24, 2.45) is 5.73 Å². The highest BCUT2D eigenvalue weighted by Crippen LogP contribution is 2.40. The van der Waals surface area contributed by atoms with Crippen molar-refractivity contribution in [1.82, 2.24) is 4.98 Å². The van der Waals surface area contributed by atoms with Crippen molar-refractivity contribution in [3.8, 4) is 0 Å². The zero-order valence-electron chi connectivity index (χ0n) is 8.31. The maximum absolute atomic E-state index is 5.61. The first-order valence-electron chi connectivity index (χ1n) is 5.10. The van der Waals surface area contributed by atoms with Crippen LogP contribution in [-0.2, 0) is 13.0 Å². The fourth-order valence-electron chi connectivity index (χ4n) is 2.21. The van der Waals surface area contributed by atoms with E-state index in [0.717, 1.165) is 17.9 Å². The summed E-state index contributed by atoms with van der Waals surface area (Å²) < 4.78 is 5.43. The van der Waals surface area contributed by atoms with Crippen LogP contribution in [0, 0.1) is 0 Å². The minimum Gasteiger partial charge on any atom is -0.447 e. The first-order valence-corrected chi connectivity index (χ1v) is 5.10. The molecule has 1 atom stereocenters. The van der Waals surface area contributed by atoms with Gasteiger partial charge >= 0.3 is 0 Å². The molecule has 0 fully saturated rings. The third-order valence-corrected chi connectivity index (χ3v) is 3.04. The van der Waals surface area contributed by atoms with Crippen molar-refractivity contribution in [2.75, 3.05) is 0 Å². The van der Waals surface area contributed by atoms with E-state index in [0.29, 0.717) is 12.5 Å². The molecule has 0 amide bonds. The van der Waals surface area contributed by atoms with Crippen LogP contribution in [0.15, 0.2) is 35.1 Å². The smallest absolute Gasteiger partial charge is 0.181 e. The molecule has 3 rings (SSSR count). The Labute approximate surface area is 87.9 Å². The van der Waals surface area contributed by atoms with Gasteiger partial charge in [-0.05, 0) is 17.5 Å². The Hall–Kier alpha value is -1.61. The van der Waals surface area contributed by atoms with Crippen molar-refractivity contribution < 1.29 is 4.42 Å². The minimum absolute atomic E-state index is 0.363. The van der Waals surface area contributed by atoms with Crippen LogP contribution in [0.1, 0.15) is 28.5 Å². The van der Waals surface area contributed by atoms with Crippen LogP contribution in [0.5, 0.6) is 0 Å². The molecule has 1 aromatic heterocycles. The second-order valence-corrected chi connectivity index (χ2v) is 3.82. The highest BCUT2D eigenvalue weighted by molar-refractivity contribution is 5.45. The summed E-state index contributed by atoms with van der Waals surface area (Å²) in [6.45, 7) is 0.449. The summed E-state index contributed by atoms with van der Waals surface area (Å²) in [5.74, 6) is 1.30. The molecule has 0 bridgehead atoms. The molecule has 1 aliphatic rings. The van der Waals surface area contributed by atoms with Crippen molar-refractivity contribution in [3.63, 3.8) is 0 Å². The molecule has 0 saturated heterocycles. The van der Waals surface area contributed by atoms with Gasteiger partial charge in [-0.25, -0.2) is 4.98 Å². The Kier molecular flexibility index (Phi) is 1.86. The molecule has 1 unspecified atom stereocenters. The molecule has 0 aliphatic heterocycles. The average Bonchev–Trinajstić information content (AvgIpc) is 2.68. The Bertz CT molecular complexity index is 490. The summed E-state index contributed by atoms with van der Waals surface area (Å²) in [4.78, 5) is 4.12. The first kappa shape index (κ1) is 8.68. The normalized spacial score (nSPS) is 18.3. The van der Waals surface area contributed by atoms with E-state index in [1.165, 1.54) is 17.5 Å². The lowest BCUT2D eigenvalue weighted by Crippen LogP contribution is -2.19. The summed E-state index contributed by atoms with van der Waals surface area (Å²) in [6, 6.07) is 8.43. The molecule has 0 saturated carbocycles. The number of oxazole rings is 1. The maximum atomic E-state index is 5.61. The SMILES string of the molecule is NCc1ncoc1C1Cc2ccccc21. The second kappa shape index (κ2) is 3.21. The average molecular weight is 200 g/mol. The predicted molar refractivity (Wildman–Crippen MR) is 56.4 cm³/mol. The lowest BCUT2D eigenvalue weighted by molar-refractivity contribution is 0.459. The summed E-state index contributed by atoms with van der Waals surface area (Å²) in [7, 11) is 0. The van der Waals surface area contributed by atoms with E-state index in [-0.39, 0.29) is 0 Å². The Morgan fingerprint density at radius 3 is 3.07 bits per heavy atom. The van der Waals surface area contributed by atoms with Gasteiger partial charge in [0.05, 0.1) is 5.69 Å². The number of nitrogens with zero attached hydrogens (tertiary/aromatic N) is 1. The van der Waals surface area contributed by atoms with Crippen LogP contribution < -0.4 is 5.73 Å². The van der Waals surface area contributed by atoms with Gasteiger partial charge in [0.1, 0.15) is 5.76 Å². The molecule has 2 N–H and O–H groups in total. The molecule has 3 heteroatoms. The van der Waals surface area contributed by atoms with Gasteiger partial charge in [-0.3, -0.25) is 0 Å². The summed E-state index contributed by atoms with van der Waals surface area (Å²) in [6.07, 6.45) is 2.52. The Balaban J connectivity index is 2.00. The molecular weight excluding hydrogens is 188 g/mol. The van der Waals surface area contributed by atoms with Crippen molar-refractivity contribution in [2.45, 2.75) is 18.9 Å². The van der Waals surface area contributed by atoms with Crippen molar-refractivity contribution in [3.05, 3.63) is 53.2 Å². The second-order valence-electron chi connectivity index (χ2n) is 3.82. The van der Waals surface area contributed by atoms with Gasteiger partial charge < -0.3 is 10.2 Å². The Morgan fingerprint density at radius 2 is 2.27 bits per heavy atom. The van der Waals surface area contributed by atoms with Gasteiger partial charge in [-0.2, -0.15) is 0 Å². The van der Waals surface area contributed by atoms with E-state index in [2.05, 4.69) is 29.2 Å². The van der Waals surface area contributed by atoms with Gasteiger partial charge in [0, 0.05) is 12.5 Å². The molecule has 1 aromatic carbocycles. The zero-order chi connectivity index (χ0) is 10.3. The van der Waals surface area contributed by atoms with Gasteiger partial charge in [0.25, 0.3) is 0 Å². The molecule has 2 aromatic rings. The molecule has 76 valence electrons. The molecule has 1 heterocycles. The van der Waals surface area contributed by atoms with Gasteiger partial charge in [0.2, 0.25) is 0 Å². The fourth-order valence-corrected chi connectivity index (χ4v) is 2.21. The third kappa shape index (κ3) is 1.20. The first-order chi connectivity index (χ1) is 7.40. The summed E-state index contributed by atoms with van der Waals surface area (Å²) >= 11 is 0. The number of benzene rings is 1. The van der Waals surface area contributed by atoms with Gasteiger partial charge in [0.15, 0.2) is 6.39 Å². The predicted octanol–water partition coefficient (Wildman–Crippen LogP) is 1.82. The molecule has 15 heavy (non-hydrogen) atoms. The molecule has 3 nitrogen and oxygen atoms in total. The minimum atomic E-state index is 0.363. The van der Waals surface area contributed by atoms with Crippen molar-refractivity contribution >= 4 is 0 Å². The van der Waals surface area contributed by atoms with E-state index >= 15 is 0 Å². The highest BCUT2D eigenvalue weighted by atomic mass is 16.3.